The molecule has 0 unspecified atom stereocenters. The SMILES string of the molecule is COC(=O)Cc1nsc2ccc(O)cc12. The summed E-state index contributed by atoms with van der Waals surface area (Å²) < 4.78 is 9.67. The van der Waals surface area contributed by atoms with Crippen LogP contribution in [0, 0.1) is 0 Å². The van der Waals surface area contributed by atoms with E-state index < -0.39 is 0 Å². The number of ether oxygens (including phenoxy) is 1. The van der Waals surface area contributed by atoms with Crippen molar-refractivity contribution >= 4 is 27.6 Å². The van der Waals surface area contributed by atoms with Crippen LogP contribution in [0.2, 0.25) is 0 Å². The minimum absolute atomic E-state index is 0.139. The Morgan fingerprint density at radius 1 is 1.60 bits per heavy atom. The van der Waals surface area contributed by atoms with Crippen molar-refractivity contribution in [3.05, 3.63) is 23.9 Å². The van der Waals surface area contributed by atoms with Crippen molar-refractivity contribution in [2.24, 2.45) is 0 Å². The van der Waals surface area contributed by atoms with Crippen molar-refractivity contribution in [2.45, 2.75) is 6.42 Å². The third kappa shape index (κ3) is 1.92. The monoisotopic (exact) mass is 223 g/mol. The number of nitrogens with zero attached hydrogens (tertiary/aromatic N) is 1. The van der Waals surface area contributed by atoms with E-state index in [4.69, 9.17) is 0 Å². The van der Waals surface area contributed by atoms with Crippen LogP contribution in [0.5, 0.6) is 5.75 Å². The van der Waals surface area contributed by atoms with Crippen LogP contribution in [0.4, 0.5) is 0 Å². The van der Waals surface area contributed by atoms with Gasteiger partial charge >= 0.3 is 5.97 Å². The molecule has 1 aromatic heterocycles. The second kappa shape index (κ2) is 3.86. The third-order valence-electron chi connectivity index (χ3n) is 2.07. The van der Waals surface area contributed by atoms with Crippen molar-refractivity contribution in [3.63, 3.8) is 0 Å². The van der Waals surface area contributed by atoms with Gasteiger partial charge in [0.05, 0.1) is 23.9 Å². The maximum absolute atomic E-state index is 11.1. The summed E-state index contributed by atoms with van der Waals surface area (Å²) in [5, 5.41) is 10.1. The number of benzene rings is 1. The lowest BCUT2D eigenvalue weighted by Crippen LogP contribution is -2.04. The highest BCUT2D eigenvalue weighted by atomic mass is 32.1. The Morgan fingerprint density at radius 2 is 2.40 bits per heavy atom. The predicted octanol–water partition coefficient (Wildman–Crippen LogP) is 1.72. The first-order chi connectivity index (χ1) is 7.20. The van der Waals surface area contributed by atoms with Crippen LogP contribution in [0.25, 0.3) is 10.1 Å². The molecule has 1 heterocycles. The summed E-state index contributed by atoms with van der Waals surface area (Å²) >= 11 is 1.31. The number of fused-ring (bicyclic) bond motifs is 1. The highest BCUT2D eigenvalue weighted by Gasteiger charge is 2.11. The van der Waals surface area contributed by atoms with Crippen molar-refractivity contribution < 1.29 is 14.6 Å². The molecule has 0 spiro atoms. The second-order valence-electron chi connectivity index (χ2n) is 3.06. The first-order valence-electron chi connectivity index (χ1n) is 4.35. The molecule has 15 heavy (non-hydrogen) atoms. The molecule has 0 saturated carbocycles. The van der Waals surface area contributed by atoms with Crippen LogP contribution in [-0.4, -0.2) is 22.6 Å². The fraction of sp³-hybridized carbons (Fsp3) is 0.200. The van der Waals surface area contributed by atoms with Crippen LogP contribution in [-0.2, 0) is 16.0 Å². The van der Waals surface area contributed by atoms with Gasteiger partial charge in [-0.2, -0.15) is 4.37 Å². The van der Waals surface area contributed by atoms with E-state index in [0.29, 0.717) is 5.69 Å². The Hall–Kier alpha value is -1.62. The van der Waals surface area contributed by atoms with E-state index in [1.54, 1.807) is 18.2 Å². The van der Waals surface area contributed by atoms with Gasteiger partial charge < -0.3 is 9.84 Å². The minimum atomic E-state index is -0.328. The summed E-state index contributed by atoms with van der Waals surface area (Å²) in [5.74, 6) is -0.153. The number of methoxy groups -OCH3 is 1. The van der Waals surface area contributed by atoms with Crippen molar-refractivity contribution in [1.82, 2.24) is 4.37 Å². The zero-order valence-corrected chi connectivity index (χ0v) is 8.87. The van der Waals surface area contributed by atoms with Gasteiger partial charge in [0.15, 0.2) is 0 Å². The van der Waals surface area contributed by atoms with E-state index in [-0.39, 0.29) is 18.1 Å². The molecule has 2 aromatic rings. The molecule has 0 aliphatic rings. The number of hydrogen-bond acceptors (Lipinski definition) is 5. The molecular formula is C10H9NO3S. The quantitative estimate of drug-likeness (QED) is 0.787. The number of carbonyl (C=O) groups is 1. The zero-order valence-electron chi connectivity index (χ0n) is 8.06. The summed E-state index contributed by atoms with van der Waals surface area (Å²) in [5.41, 5.74) is 0.651. The summed E-state index contributed by atoms with van der Waals surface area (Å²) in [4.78, 5) is 11.1. The zero-order chi connectivity index (χ0) is 10.8. The maximum atomic E-state index is 11.1. The predicted molar refractivity (Wildman–Crippen MR) is 57.0 cm³/mol. The molecule has 0 saturated heterocycles. The normalized spacial score (nSPS) is 10.5. The number of aromatic nitrogens is 1. The van der Waals surface area contributed by atoms with Crippen LogP contribution < -0.4 is 0 Å². The van der Waals surface area contributed by atoms with Crippen LogP contribution >= 0.6 is 11.5 Å². The molecule has 1 aromatic carbocycles. The topological polar surface area (TPSA) is 59.4 Å². The summed E-state index contributed by atoms with van der Waals surface area (Å²) in [6, 6.07) is 4.99. The summed E-state index contributed by atoms with van der Waals surface area (Å²) in [7, 11) is 1.34. The van der Waals surface area contributed by atoms with E-state index in [2.05, 4.69) is 9.11 Å². The third-order valence-corrected chi connectivity index (χ3v) is 2.93. The minimum Gasteiger partial charge on any atom is -0.508 e. The van der Waals surface area contributed by atoms with Gasteiger partial charge in [-0.05, 0) is 29.7 Å². The molecule has 0 radical (unpaired) electrons. The van der Waals surface area contributed by atoms with Gasteiger partial charge in [0.25, 0.3) is 0 Å². The molecule has 78 valence electrons. The van der Waals surface area contributed by atoms with Gasteiger partial charge in [-0.15, -0.1) is 0 Å². The number of esters is 1. The Kier molecular flexibility index (Phi) is 2.55. The largest absolute Gasteiger partial charge is 0.508 e. The van der Waals surface area contributed by atoms with Gasteiger partial charge in [-0.3, -0.25) is 4.79 Å². The molecule has 1 N–H and O–H groups in total. The van der Waals surface area contributed by atoms with Gasteiger partial charge in [0.1, 0.15) is 5.75 Å². The number of rotatable bonds is 2. The van der Waals surface area contributed by atoms with E-state index in [1.807, 2.05) is 0 Å². The Bertz CT molecular complexity index is 506. The van der Waals surface area contributed by atoms with Crippen LogP contribution in [0.1, 0.15) is 5.69 Å². The van der Waals surface area contributed by atoms with Crippen LogP contribution in [0.3, 0.4) is 0 Å². The fourth-order valence-electron chi connectivity index (χ4n) is 1.31. The van der Waals surface area contributed by atoms with Crippen molar-refractivity contribution in [2.75, 3.05) is 7.11 Å². The van der Waals surface area contributed by atoms with E-state index >= 15 is 0 Å². The Morgan fingerprint density at radius 3 is 3.13 bits per heavy atom. The first kappa shape index (κ1) is 9.92. The van der Waals surface area contributed by atoms with Gasteiger partial charge in [-0.1, -0.05) is 0 Å². The van der Waals surface area contributed by atoms with Crippen LogP contribution in [0.15, 0.2) is 18.2 Å². The van der Waals surface area contributed by atoms with Crippen molar-refractivity contribution in [1.29, 1.82) is 0 Å². The van der Waals surface area contributed by atoms with Gasteiger partial charge in [0, 0.05) is 5.39 Å². The average Bonchev–Trinajstić information content (AvgIpc) is 2.61. The highest BCUT2D eigenvalue weighted by Crippen LogP contribution is 2.26. The summed E-state index contributed by atoms with van der Waals surface area (Å²) in [6.07, 6.45) is 0.139. The lowest BCUT2D eigenvalue weighted by Gasteiger charge is -1.97. The Balaban J connectivity index is 2.43. The molecule has 2 rings (SSSR count). The standard InChI is InChI=1S/C10H9NO3S/c1-14-10(13)5-8-7-4-6(12)2-3-9(7)15-11-8/h2-4,12H,5H2,1H3. The van der Waals surface area contributed by atoms with Gasteiger partial charge in [-0.25, -0.2) is 0 Å². The highest BCUT2D eigenvalue weighted by molar-refractivity contribution is 7.13. The van der Waals surface area contributed by atoms with Crippen molar-refractivity contribution in [3.8, 4) is 5.75 Å². The molecule has 0 bridgehead atoms. The maximum Gasteiger partial charge on any atom is 0.311 e. The lowest BCUT2D eigenvalue weighted by molar-refractivity contribution is -0.139. The number of aromatic hydroxyl groups is 1. The first-order valence-corrected chi connectivity index (χ1v) is 5.12. The number of phenolic OH excluding ortho intramolecular Hbond substituents is 1. The molecule has 4 nitrogen and oxygen atoms in total. The van der Waals surface area contributed by atoms with E-state index in [0.717, 1.165) is 10.1 Å². The average molecular weight is 223 g/mol. The smallest absolute Gasteiger partial charge is 0.311 e. The molecule has 0 fully saturated rings. The fourth-order valence-corrected chi connectivity index (χ4v) is 2.09. The lowest BCUT2D eigenvalue weighted by atomic mass is 10.2. The number of hydrogen-bond donors (Lipinski definition) is 1. The molecular weight excluding hydrogens is 214 g/mol. The Labute approximate surface area is 90.3 Å². The number of phenols is 1. The molecule has 0 atom stereocenters. The second-order valence-corrected chi connectivity index (χ2v) is 3.87. The molecule has 5 heteroatoms. The molecule has 0 aliphatic heterocycles. The molecule has 0 aliphatic carbocycles. The number of carbonyl (C=O) groups excluding carboxylic acids is 1. The van der Waals surface area contributed by atoms with E-state index in [1.165, 1.54) is 18.6 Å². The summed E-state index contributed by atoms with van der Waals surface area (Å²) in [6.45, 7) is 0. The molecule has 0 amide bonds. The van der Waals surface area contributed by atoms with E-state index in [9.17, 15) is 9.90 Å². The van der Waals surface area contributed by atoms with Gasteiger partial charge in [0.2, 0.25) is 0 Å².